The molecule has 0 unspecified atom stereocenters. The van der Waals surface area contributed by atoms with Gasteiger partial charge >= 0.3 is 5.97 Å². The first-order valence-electron chi connectivity index (χ1n) is 24.9. The summed E-state index contributed by atoms with van der Waals surface area (Å²) < 4.78 is 27.9. The van der Waals surface area contributed by atoms with E-state index >= 15 is 0 Å². The van der Waals surface area contributed by atoms with Crippen LogP contribution in [-0.2, 0) is 47.7 Å². The zero-order valence-electron chi connectivity index (χ0n) is 42.8. The zero-order valence-corrected chi connectivity index (χ0v) is 42.8. The van der Waals surface area contributed by atoms with Crippen LogP contribution in [0.1, 0.15) is 132 Å². The molecule has 2 saturated heterocycles. The van der Waals surface area contributed by atoms with Gasteiger partial charge in [-0.3, -0.25) is 19.2 Å². The van der Waals surface area contributed by atoms with Crippen molar-refractivity contribution < 1.29 is 68.1 Å². The number of allylic oxidation sites excluding steroid dienone is 6. The van der Waals surface area contributed by atoms with E-state index in [0.717, 1.165) is 24.8 Å². The summed E-state index contributed by atoms with van der Waals surface area (Å²) in [5.41, 5.74) is 1.31. The van der Waals surface area contributed by atoms with Crippen molar-refractivity contribution in [2.24, 2.45) is 35.5 Å². The van der Waals surface area contributed by atoms with Crippen molar-refractivity contribution in [1.29, 1.82) is 0 Å². The Kier molecular flexibility index (Phi) is 24.6. The SMILES string of the molecule is CCOC(=O)[C@@H]1CCCCN1C(=O)C(=O)[C@]1(O)O[C@H](C[C@H](OC)/C(C)=C/C=C/C=C/[C@@H](C)C[C@@H](C)C(=O)[C@H](OC)[C@H](O)/C(C)=C/[C@@H](C)C(=O)C[C@H](O)[C@H](C)C[C@@H]2CC[C@@H](O)[C@H](OC)C2)CC[C@H]1C. The van der Waals surface area contributed by atoms with Gasteiger partial charge in [0.1, 0.15) is 24.0 Å². The Morgan fingerprint density at radius 2 is 1.59 bits per heavy atom. The number of aliphatic hydroxyl groups is 4. The van der Waals surface area contributed by atoms with Crippen molar-refractivity contribution in [3.05, 3.63) is 47.6 Å². The summed E-state index contributed by atoms with van der Waals surface area (Å²) in [6.45, 7) is 14.7. The third-order valence-corrected chi connectivity index (χ3v) is 14.5. The quantitative estimate of drug-likeness (QED) is 0.0330. The molecule has 2 heterocycles. The Morgan fingerprint density at radius 1 is 0.882 bits per heavy atom. The number of piperidine rings is 1. The van der Waals surface area contributed by atoms with Gasteiger partial charge in [-0.15, -0.1) is 0 Å². The number of carbonyl (C=O) groups is 5. The summed E-state index contributed by atoms with van der Waals surface area (Å²) >= 11 is 0. The highest BCUT2D eigenvalue weighted by Gasteiger charge is 2.53. The molecular formula is C53H85NO14. The Bertz CT molecular complexity index is 1780. The predicted octanol–water partition coefficient (Wildman–Crippen LogP) is 6.18. The average molecular weight is 960 g/mol. The summed E-state index contributed by atoms with van der Waals surface area (Å²) in [7, 11) is 4.55. The van der Waals surface area contributed by atoms with E-state index in [-0.39, 0.29) is 49.1 Å². The minimum atomic E-state index is -2.35. The van der Waals surface area contributed by atoms with Crippen LogP contribution in [0.15, 0.2) is 47.6 Å². The fraction of sp³-hybridized carbons (Fsp3) is 0.755. The van der Waals surface area contributed by atoms with E-state index in [1.165, 1.54) is 12.0 Å². The highest BCUT2D eigenvalue weighted by atomic mass is 16.6. The third kappa shape index (κ3) is 16.6. The minimum Gasteiger partial charge on any atom is -0.464 e. The number of ether oxygens (including phenoxy) is 5. The second-order valence-corrected chi connectivity index (χ2v) is 19.9. The molecule has 1 amide bonds. The normalized spacial score (nSPS) is 28.9. The first kappa shape index (κ1) is 58.9. The topological polar surface area (TPSA) is 216 Å². The Labute approximate surface area is 405 Å². The maximum Gasteiger partial charge on any atom is 0.328 e. The van der Waals surface area contributed by atoms with Gasteiger partial charge in [0.05, 0.1) is 37.1 Å². The molecule has 3 aliphatic rings. The van der Waals surface area contributed by atoms with Crippen LogP contribution in [0.5, 0.6) is 0 Å². The number of hydrogen-bond acceptors (Lipinski definition) is 14. The molecule has 68 heavy (non-hydrogen) atoms. The molecule has 0 aromatic carbocycles. The molecule has 3 rings (SSSR count). The second-order valence-electron chi connectivity index (χ2n) is 19.9. The highest BCUT2D eigenvalue weighted by Crippen LogP contribution is 2.37. The van der Waals surface area contributed by atoms with Crippen molar-refractivity contribution in [3.63, 3.8) is 0 Å². The molecule has 4 N–H and O–H groups in total. The van der Waals surface area contributed by atoms with Crippen molar-refractivity contribution in [2.45, 2.75) is 187 Å². The van der Waals surface area contributed by atoms with Gasteiger partial charge in [-0.1, -0.05) is 71.1 Å². The molecule has 3 fully saturated rings. The fourth-order valence-corrected chi connectivity index (χ4v) is 9.98. The number of hydrogen-bond donors (Lipinski definition) is 4. The van der Waals surface area contributed by atoms with Gasteiger partial charge in [0, 0.05) is 58.5 Å². The van der Waals surface area contributed by atoms with E-state index in [0.29, 0.717) is 62.9 Å². The monoisotopic (exact) mass is 960 g/mol. The summed E-state index contributed by atoms with van der Waals surface area (Å²) in [6.07, 6.45) is 12.7. The molecule has 0 bridgehead atoms. The Hall–Kier alpha value is -3.41. The number of Topliss-reactive ketones (excluding diaryl/α,β-unsaturated/α-hetero) is 3. The standard InChI is InChI=1S/C53H85NO14/c1-12-67-52(62)41-20-16-17-25-54(41)51(61)50(60)53(63)38(8)21-23-40(68-53)30-45(64-9)33(3)19-15-13-14-18-32(2)26-36(6)47(58)49(66-11)48(59)37(7)27-34(4)43(56)31-44(57)35(5)28-39-22-24-42(55)46(29-39)65-10/h13-15,18-19,27,32,34-36,38-42,44-46,48-49,55,57,59,63H,12,16-17,20-26,28-31H2,1-11H3/b15-13+,18-14+,33-19+,37-27+/t32-,34-,35-,36-,38-,39+,40+,41+,42-,44+,45+,46-,48-,49+,53-/m1/s1. The van der Waals surface area contributed by atoms with Crippen LogP contribution in [0.2, 0.25) is 0 Å². The smallest absolute Gasteiger partial charge is 0.328 e. The number of aliphatic hydroxyl groups excluding tert-OH is 3. The molecule has 15 atom stereocenters. The van der Waals surface area contributed by atoms with Gasteiger partial charge in [0.25, 0.3) is 11.7 Å². The lowest BCUT2D eigenvalue weighted by Crippen LogP contribution is -2.60. The molecular weight excluding hydrogens is 875 g/mol. The van der Waals surface area contributed by atoms with Gasteiger partial charge in [0.15, 0.2) is 5.78 Å². The van der Waals surface area contributed by atoms with Crippen LogP contribution in [0.3, 0.4) is 0 Å². The molecule has 15 nitrogen and oxygen atoms in total. The van der Waals surface area contributed by atoms with Crippen LogP contribution in [-0.4, -0.2) is 144 Å². The zero-order chi connectivity index (χ0) is 50.9. The molecule has 1 saturated carbocycles. The maximum absolute atomic E-state index is 13.6. The number of esters is 1. The largest absolute Gasteiger partial charge is 0.464 e. The molecule has 1 aliphatic carbocycles. The molecule has 0 aromatic heterocycles. The van der Waals surface area contributed by atoms with Crippen molar-refractivity contribution in [3.8, 4) is 0 Å². The van der Waals surface area contributed by atoms with E-state index in [2.05, 4.69) is 0 Å². The van der Waals surface area contributed by atoms with Crippen LogP contribution < -0.4 is 0 Å². The van der Waals surface area contributed by atoms with Crippen LogP contribution in [0.25, 0.3) is 0 Å². The molecule has 0 radical (unpaired) electrons. The molecule has 2 aliphatic heterocycles. The van der Waals surface area contributed by atoms with Crippen LogP contribution in [0, 0.1) is 35.5 Å². The van der Waals surface area contributed by atoms with Crippen LogP contribution >= 0.6 is 0 Å². The summed E-state index contributed by atoms with van der Waals surface area (Å²) in [6, 6.07) is -0.880. The predicted molar refractivity (Wildman–Crippen MR) is 258 cm³/mol. The molecule has 15 heteroatoms. The fourth-order valence-electron chi connectivity index (χ4n) is 9.98. The van der Waals surface area contributed by atoms with E-state index < -0.39 is 83.9 Å². The van der Waals surface area contributed by atoms with Gasteiger partial charge in [-0.05, 0) is 114 Å². The number of amides is 1. The highest BCUT2D eigenvalue weighted by molar-refractivity contribution is 6.39. The third-order valence-electron chi connectivity index (χ3n) is 14.5. The first-order chi connectivity index (χ1) is 32.1. The van der Waals surface area contributed by atoms with E-state index in [4.69, 9.17) is 23.7 Å². The Balaban J connectivity index is 1.51. The number of likely N-dealkylation sites (tertiary alicyclic amines) is 1. The average Bonchev–Trinajstić information content (AvgIpc) is 3.31. The summed E-state index contributed by atoms with van der Waals surface area (Å²) in [5, 5.41) is 43.9. The maximum atomic E-state index is 13.6. The lowest BCUT2D eigenvalue weighted by Gasteiger charge is -2.42. The van der Waals surface area contributed by atoms with Gasteiger partial charge in [-0.25, -0.2) is 4.79 Å². The number of methoxy groups -OCH3 is 3. The van der Waals surface area contributed by atoms with Gasteiger partial charge in [-0.2, -0.15) is 0 Å². The minimum absolute atomic E-state index is 0.00408. The lowest BCUT2D eigenvalue weighted by atomic mass is 9.78. The molecule has 0 spiro atoms. The second kappa shape index (κ2) is 28.4. The van der Waals surface area contributed by atoms with Gasteiger partial charge < -0.3 is 49.0 Å². The number of ketones is 3. The van der Waals surface area contributed by atoms with E-state index in [1.54, 1.807) is 54.9 Å². The number of rotatable bonds is 26. The van der Waals surface area contributed by atoms with Crippen molar-refractivity contribution in [2.75, 3.05) is 34.5 Å². The Morgan fingerprint density at radius 3 is 2.24 bits per heavy atom. The van der Waals surface area contributed by atoms with Crippen LogP contribution in [0.4, 0.5) is 0 Å². The first-order valence-corrected chi connectivity index (χ1v) is 24.9. The number of nitrogens with zero attached hydrogens (tertiary/aromatic N) is 1. The molecule has 0 aromatic rings. The van der Waals surface area contributed by atoms with E-state index in [1.807, 2.05) is 51.2 Å². The lowest BCUT2D eigenvalue weighted by molar-refractivity contribution is -0.265. The van der Waals surface area contributed by atoms with Crippen molar-refractivity contribution >= 4 is 29.2 Å². The molecule has 386 valence electrons. The summed E-state index contributed by atoms with van der Waals surface area (Å²) in [5.74, 6) is -6.86. The van der Waals surface area contributed by atoms with Crippen molar-refractivity contribution in [1.82, 2.24) is 4.90 Å². The number of carbonyl (C=O) groups excluding carboxylic acids is 5. The summed E-state index contributed by atoms with van der Waals surface area (Å²) in [4.78, 5) is 67.7. The van der Waals surface area contributed by atoms with E-state index in [9.17, 15) is 44.4 Å². The van der Waals surface area contributed by atoms with Gasteiger partial charge in [0.2, 0.25) is 5.79 Å².